The van der Waals surface area contributed by atoms with E-state index in [0.29, 0.717) is 45.5 Å². The molecule has 8 nitrogen and oxygen atoms in total. The number of H-pyrrole nitrogens is 1. The summed E-state index contributed by atoms with van der Waals surface area (Å²) in [6.45, 7) is 0. The molecule has 9 heteroatoms. The second kappa shape index (κ2) is 7.67. The lowest BCUT2D eigenvalue weighted by molar-refractivity contribution is 0.355. The molecule has 0 aliphatic rings. The van der Waals surface area contributed by atoms with Crippen molar-refractivity contribution >= 4 is 17.2 Å². The van der Waals surface area contributed by atoms with Crippen LogP contribution in [0.4, 0.5) is 15.9 Å². The van der Waals surface area contributed by atoms with E-state index in [2.05, 4.69) is 21.5 Å². The van der Waals surface area contributed by atoms with Gasteiger partial charge in [-0.3, -0.25) is 5.10 Å². The first-order valence-corrected chi connectivity index (χ1v) is 8.92. The molecular formula is C21H18FN5O3. The zero-order valence-electron chi connectivity index (χ0n) is 16.5. The predicted molar refractivity (Wildman–Crippen MR) is 109 cm³/mol. The van der Waals surface area contributed by atoms with Gasteiger partial charge in [0.1, 0.15) is 17.3 Å². The quantitative estimate of drug-likeness (QED) is 0.499. The average molecular weight is 407 g/mol. The SMILES string of the molecule is COc1ccc(-c2nc3c(C#N)c[nH]n3c2Nc2ccc(OC)c(OC)c2)cc1F. The van der Waals surface area contributed by atoms with Gasteiger partial charge < -0.3 is 19.5 Å². The van der Waals surface area contributed by atoms with Gasteiger partial charge >= 0.3 is 0 Å². The topological polar surface area (TPSA) is 96.6 Å². The van der Waals surface area contributed by atoms with Crippen LogP contribution in [-0.2, 0) is 0 Å². The molecule has 4 aromatic rings. The second-order valence-corrected chi connectivity index (χ2v) is 6.31. The molecule has 0 aliphatic heterocycles. The Morgan fingerprint density at radius 1 is 1.03 bits per heavy atom. The Hall–Kier alpha value is -4.19. The van der Waals surface area contributed by atoms with Crippen LogP contribution in [0.3, 0.4) is 0 Å². The molecule has 0 amide bonds. The molecule has 2 heterocycles. The highest BCUT2D eigenvalue weighted by Crippen LogP contribution is 2.36. The number of methoxy groups -OCH3 is 3. The number of hydrogen-bond acceptors (Lipinski definition) is 6. The minimum Gasteiger partial charge on any atom is -0.494 e. The number of aromatic nitrogens is 3. The third kappa shape index (κ3) is 3.14. The minimum absolute atomic E-state index is 0.135. The van der Waals surface area contributed by atoms with Crippen molar-refractivity contribution in [2.45, 2.75) is 0 Å². The van der Waals surface area contributed by atoms with Crippen LogP contribution in [-0.4, -0.2) is 35.9 Å². The number of halogens is 1. The maximum Gasteiger partial charge on any atom is 0.173 e. The van der Waals surface area contributed by atoms with Crippen LogP contribution in [0.15, 0.2) is 42.6 Å². The number of aromatic amines is 1. The molecule has 0 fully saturated rings. The summed E-state index contributed by atoms with van der Waals surface area (Å²) < 4.78 is 31.6. The number of benzene rings is 2. The molecule has 2 aromatic heterocycles. The molecule has 0 spiro atoms. The number of hydrogen-bond donors (Lipinski definition) is 2. The van der Waals surface area contributed by atoms with E-state index in [-0.39, 0.29) is 5.75 Å². The van der Waals surface area contributed by atoms with Gasteiger partial charge in [-0.1, -0.05) is 0 Å². The Morgan fingerprint density at radius 3 is 2.43 bits per heavy atom. The van der Waals surface area contributed by atoms with Crippen molar-refractivity contribution in [3.63, 3.8) is 0 Å². The Kier molecular flexibility index (Phi) is 4.90. The zero-order chi connectivity index (χ0) is 21.3. The normalized spacial score (nSPS) is 10.6. The van der Waals surface area contributed by atoms with E-state index < -0.39 is 5.82 Å². The Labute approximate surface area is 171 Å². The smallest absolute Gasteiger partial charge is 0.173 e. The molecule has 0 aliphatic carbocycles. The van der Waals surface area contributed by atoms with E-state index in [4.69, 9.17) is 14.2 Å². The summed E-state index contributed by atoms with van der Waals surface area (Å²) in [6.07, 6.45) is 1.56. The molecular weight excluding hydrogens is 389 g/mol. The first kappa shape index (κ1) is 19.1. The van der Waals surface area contributed by atoms with Gasteiger partial charge in [0.25, 0.3) is 0 Å². The van der Waals surface area contributed by atoms with Crippen molar-refractivity contribution in [1.29, 1.82) is 5.26 Å². The summed E-state index contributed by atoms with van der Waals surface area (Å²) in [4.78, 5) is 4.57. The molecule has 0 bridgehead atoms. The number of nitriles is 1. The van der Waals surface area contributed by atoms with E-state index in [1.165, 1.54) is 19.2 Å². The van der Waals surface area contributed by atoms with E-state index in [9.17, 15) is 9.65 Å². The third-order valence-electron chi connectivity index (χ3n) is 4.65. The monoisotopic (exact) mass is 407 g/mol. The lowest BCUT2D eigenvalue weighted by Crippen LogP contribution is -1.99. The standard InChI is InChI=1S/C21H18FN5O3/c1-28-16-6-4-12(8-15(16)22)19-21(27-20(26-19)13(10-23)11-24-27)25-14-5-7-17(29-2)18(9-14)30-3/h4-9,11,24-25H,1-3H3. The molecule has 0 unspecified atom stereocenters. The average Bonchev–Trinajstić information content (AvgIpc) is 3.33. The molecule has 152 valence electrons. The van der Waals surface area contributed by atoms with Crippen molar-refractivity contribution in [2.24, 2.45) is 0 Å². The maximum absolute atomic E-state index is 14.3. The van der Waals surface area contributed by atoms with E-state index in [1.807, 2.05) is 6.07 Å². The first-order chi connectivity index (χ1) is 14.6. The highest BCUT2D eigenvalue weighted by atomic mass is 19.1. The van der Waals surface area contributed by atoms with E-state index >= 15 is 0 Å². The number of nitrogens with one attached hydrogen (secondary N) is 2. The van der Waals surface area contributed by atoms with Crippen LogP contribution < -0.4 is 19.5 Å². The Balaban J connectivity index is 1.86. The van der Waals surface area contributed by atoms with Crippen LogP contribution in [0, 0.1) is 17.1 Å². The van der Waals surface area contributed by atoms with Crippen LogP contribution in [0.5, 0.6) is 17.2 Å². The highest BCUT2D eigenvalue weighted by molar-refractivity contribution is 5.81. The molecule has 0 saturated carbocycles. The van der Waals surface area contributed by atoms with Gasteiger partial charge in [-0.05, 0) is 30.3 Å². The van der Waals surface area contributed by atoms with Crippen LogP contribution in [0.25, 0.3) is 16.9 Å². The first-order valence-electron chi connectivity index (χ1n) is 8.92. The van der Waals surface area contributed by atoms with Gasteiger partial charge in [0.2, 0.25) is 0 Å². The highest BCUT2D eigenvalue weighted by Gasteiger charge is 2.20. The fourth-order valence-electron chi connectivity index (χ4n) is 3.18. The number of fused-ring (bicyclic) bond motifs is 1. The van der Waals surface area contributed by atoms with Gasteiger partial charge in [0.05, 0.1) is 21.3 Å². The summed E-state index contributed by atoms with van der Waals surface area (Å²) >= 11 is 0. The lowest BCUT2D eigenvalue weighted by atomic mass is 10.1. The molecule has 0 radical (unpaired) electrons. The molecule has 2 aromatic carbocycles. The third-order valence-corrected chi connectivity index (χ3v) is 4.65. The fourth-order valence-corrected chi connectivity index (χ4v) is 3.18. The number of nitrogens with zero attached hydrogens (tertiary/aromatic N) is 3. The number of imidazole rings is 1. The van der Waals surface area contributed by atoms with Crippen LogP contribution >= 0.6 is 0 Å². The van der Waals surface area contributed by atoms with Gasteiger partial charge in [-0.15, -0.1) is 0 Å². The zero-order valence-corrected chi connectivity index (χ0v) is 16.5. The lowest BCUT2D eigenvalue weighted by Gasteiger charge is -2.12. The molecule has 30 heavy (non-hydrogen) atoms. The van der Waals surface area contributed by atoms with Gasteiger partial charge in [0.15, 0.2) is 34.5 Å². The summed E-state index contributed by atoms with van der Waals surface area (Å²) in [6, 6.07) is 12.0. The Morgan fingerprint density at radius 2 is 1.77 bits per heavy atom. The van der Waals surface area contributed by atoms with Gasteiger partial charge in [0, 0.05) is 23.5 Å². The predicted octanol–water partition coefficient (Wildman–Crippen LogP) is 4.11. The summed E-state index contributed by atoms with van der Waals surface area (Å²) in [5, 5.41) is 15.6. The number of rotatable bonds is 6. The molecule has 4 rings (SSSR count). The number of ether oxygens (including phenoxy) is 3. The van der Waals surface area contributed by atoms with Crippen molar-refractivity contribution in [3.8, 4) is 34.6 Å². The largest absolute Gasteiger partial charge is 0.494 e. The fraction of sp³-hybridized carbons (Fsp3) is 0.143. The summed E-state index contributed by atoms with van der Waals surface area (Å²) in [5.41, 5.74) is 2.47. The second-order valence-electron chi connectivity index (χ2n) is 6.31. The van der Waals surface area contributed by atoms with Gasteiger partial charge in [-0.2, -0.15) is 5.26 Å². The van der Waals surface area contributed by atoms with Crippen molar-refractivity contribution in [3.05, 3.63) is 54.0 Å². The van der Waals surface area contributed by atoms with Crippen molar-refractivity contribution in [1.82, 2.24) is 14.6 Å². The minimum atomic E-state index is -0.510. The van der Waals surface area contributed by atoms with E-state index in [0.717, 1.165) is 0 Å². The molecule has 0 saturated heterocycles. The Bertz CT molecular complexity index is 1270. The summed E-state index contributed by atoms with van der Waals surface area (Å²) in [5.74, 6) is 1.29. The maximum atomic E-state index is 14.3. The van der Waals surface area contributed by atoms with E-state index in [1.54, 1.807) is 43.1 Å². The van der Waals surface area contributed by atoms with Crippen LogP contribution in [0.2, 0.25) is 0 Å². The van der Waals surface area contributed by atoms with Gasteiger partial charge in [-0.25, -0.2) is 13.9 Å². The molecule has 0 atom stereocenters. The molecule has 2 N–H and O–H groups in total. The summed E-state index contributed by atoms with van der Waals surface area (Å²) in [7, 11) is 4.51. The number of anilines is 2. The van der Waals surface area contributed by atoms with Crippen molar-refractivity contribution < 1.29 is 18.6 Å². The van der Waals surface area contributed by atoms with Crippen molar-refractivity contribution in [2.75, 3.05) is 26.6 Å². The van der Waals surface area contributed by atoms with Crippen LogP contribution in [0.1, 0.15) is 5.56 Å².